The SMILES string of the molecule is CC(C)(C)c1cc(NC(=O)Nc2ccc(Oc3ccc(F)cc3)cc2F)n(-c2ccccc2)n1. The van der Waals surface area contributed by atoms with E-state index < -0.39 is 17.7 Å². The Hall–Kier alpha value is -4.20. The van der Waals surface area contributed by atoms with E-state index in [1.165, 1.54) is 36.4 Å². The molecule has 174 valence electrons. The number of carbonyl (C=O) groups excluding carboxylic acids is 1. The topological polar surface area (TPSA) is 68.2 Å². The third-order valence-corrected chi connectivity index (χ3v) is 4.96. The second-order valence-electron chi connectivity index (χ2n) is 8.69. The molecule has 34 heavy (non-hydrogen) atoms. The van der Waals surface area contributed by atoms with Gasteiger partial charge in [0, 0.05) is 17.5 Å². The fraction of sp³-hybridized carbons (Fsp3) is 0.154. The summed E-state index contributed by atoms with van der Waals surface area (Å²) < 4.78 is 34.8. The van der Waals surface area contributed by atoms with Crippen molar-refractivity contribution in [2.45, 2.75) is 26.2 Å². The van der Waals surface area contributed by atoms with Crippen molar-refractivity contribution in [3.63, 3.8) is 0 Å². The second-order valence-corrected chi connectivity index (χ2v) is 8.69. The first kappa shape index (κ1) is 23.0. The molecule has 0 atom stereocenters. The molecule has 1 heterocycles. The van der Waals surface area contributed by atoms with Crippen LogP contribution in [0, 0.1) is 11.6 Å². The number of aromatic nitrogens is 2. The molecule has 8 heteroatoms. The average molecular weight is 463 g/mol. The summed E-state index contributed by atoms with van der Waals surface area (Å²) in [5, 5.41) is 9.91. The molecular formula is C26H24F2N4O2. The molecule has 0 aliphatic rings. The summed E-state index contributed by atoms with van der Waals surface area (Å²) in [7, 11) is 0. The average Bonchev–Trinajstić information content (AvgIpc) is 3.22. The van der Waals surface area contributed by atoms with Crippen LogP contribution in [0.25, 0.3) is 5.69 Å². The number of halogens is 2. The van der Waals surface area contributed by atoms with Crippen LogP contribution < -0.4 is 15.4 Å². The minimum absolute atomic E-state index is 0.0224. The number of hydrogen-bond donors (Lipinski definition) is 2. The Labute approximate surface area is 196 Å². The molecule has 4 rings (SSSR count). The second kappa shape index (κ2) is 9.35. The summed E-state index contributed by atoms with van der Waals surface area (Å²) in [4.78, 5) is 12.7. The Morgan fingerprint density at radius 1 is 0.882 bits per heavy atom. The summed E-state index contributed by atoms with van der Waals surface area (Å²) in [6, 6.07) is 20.0. The van der Waals surface area contributed by atoms with Gasteiger partial charge < -0.3 is 10.1 Å². The molecule has 2 amide bonds. The van der Waals surface area contributed by atoms with E-state index in [0.29, 0.717) is 11.6 Å². The Kier molecular flexibility index (Phi) is 6.32. The van der Waals surface area contributed by atoms with Crippen molar-refractivity contribution in [1.82, 2.24) is 9.78 Å². The predicted molar refractivity (Wildman–Crippen MR) is 128 cm³/mol. The lowest BCUT2D eigenvalue weighted by Crippen LogP contribution is -2.21. The lowest BCUT2D eigenvalue weighted by Gasteiger charge is -2.14. The monoisotopic (exact) mass is 462 g/mol. The lowest BCUT2D eigenvalue weighted by molar-refractivity contribution is 0.262. The van der Waals surface area contributed by atoms with Gasteiger partial charge in [0.05, 0.1) is 17.1 Å². The zero-order valence-electron chi connectivity index (χ0n) is 19.0. The number of rotatable bonds is 5. The molecule has 0 unspecified atom stereocenters. The minimum atomic E-state index is -0.679. The van der Waals surface area contributed by atoms with Crippen LogP contribution in [0.4, 0.5) is 25.1 Å². The van der Waals surface area contributed by atoms with Crippen LogP contribution in [0.3, 0.4) is 0 Å². The maximum atomic E-state index is 14.6. The van der Waals surface area contributed by atoms with E-state index in [0.717, 1.165) is 17.4 Å². The fourth-order valence-electron chi connectivity index (χ4n) is 3.17. The normalized spacial score (nSPS) is 11.2. The molecule has 0 spiro atoms. The van der Waals surface area contributed by atoms with Crippen LogP contribution in [0.15, 0.2) is 78.9 Å². The number of urea groups is 1. The molecule has 0 aliphatic carbocycles. The number of amides is 2. The number of hydrogen-bond acceptors (Lipinski definition) is 3. The van der Waals surface area contributed by atoms with Crippen LogP contribution in [0.1, 0.15) is 26.5 Å². The summed E-state index contributed by atoms with van der Waals surface area (Å²) in [6.07, 6.45) is 0. The molecule has 0 radical (unpaired) electrons. The van der Waals surface area contributed by atoms with Crippen LogP contribution in [-0.4, -0.2) is 15.8 Å². The van der Waals surface area contributed by atoms with Crippen molar-refractivity contribution in [2.24, 2.45) is 0 Å². The van der Waals surface area contributed by atoms with E-state index >= 15 is 0 Å². The predicted octanol–water partition coefficient (Wildman–Crippen LogP) is 6.88. The minimum Gasteiger partial charge on any atom is -0.457 e. The number of nitrogens with one attached hydrogen (secondary N) is 2. The molecular weight excluding hydrogens is 438 g/mol. The molecule has 2 N–H and O–H groups in total. The van der Waals surface area contributed by atoms with Gasteiger partial charge in [-0.2, -0.15) is 5.10 Å². The van der Waals surface area contributed by atoms with Gasteiger partial charge in [-0.25, -0.2) is 18.3 Å². The first-order valence-electron chi connectivity index (χ1n) is 10.7. The fourth-order valence-corrected chi connectivity index (χ4v) is 3.17. The van der Waals surface area contributed by atoms with Crippen LogP contribution >= 0.6 is 0 Å². The van der Waals surface area contributed by atoms with Gasteiger partial charge in [-0.15, -0.1) is 0 Å². The van der Waals surface area contributed by atoms with E-state index in [-0.39, 0.29) is 16.9 Å². The van der Waals surface area contributed by atoms with Gasteiger partial charge in [0.2, 0.25) is 0 Å². The number of nitrogens with zero attached hydrogens (tertiary/aromatic N) is 2. The number of anilines is 2. The zero-order chi connectivity index (χ0) is 24.3. The van der Waals surface area contributed by atoms with Gasteiger partial charge in [0.1, 0.15) is 29.0 Å². The number of carbonyl (C=O) groups is 1. The Balaban J connectivity index is 1.50. The molecule has 1 aromatic heterocycles. The Morgan fingerprint density at radius 3 is 2.21 bits per heavy atom. The van der Waals surface area contributed by atoms with Crippen molar-refractivity contribution in [2.75, 3.05) is 10.6 Å². The van der Waals surface area contributed by atoms with Crippen LogP contribution in [-0.2, 0) is 5.41 Å². The van der Waals surface area contributed by atoms with Crippen molar-refractivity contribution >= 4 is 17.5 Å². The highest BCUT2D eigenvalue weighted by atomic mass is 19.1. The first-order chi connectivity index (χ1) is 16.2. The van der Waals surface area contributed by atoms with Gasteiger partial charge in [-0.05, 0) is 48.5 Å². The molecule has 4 aromatic rings. The van der Waals surface area contributed by atoms with Gasteiger partial charge in [0.15, 0.2) is 0 Å². The van der Waals surface area contributed by atoms with Crippen LogP contribution in [0.2, 0.25) is 0 Å². The smallest absolute Gasteiger partial charge is 0.324 e. The van der Waals surface area contributed by atoms with Gasteiger partial charge in [-0.1, -0.05) is 39.0 Å². The van der Waals surface area contributed by atoms with E-state index in [2.05, 4.69) is 15.7 Å². The highest BCUT2D eigenvalue weighted by Crippen LogP contribution is 2.28. The summed E-state index contributed by atoms with van der Waals surface area (Å²) in [5.74, 6) is -0.0468. The Bertz CT molecular complexity index is 1300. The molecule has 0 aliphatic heterocycles. The molecule has 6 nitrogen and oxygen atoms in total. The maximum absolute atomic E-state index is 14.6. The van der Waals surface area contributed by atoms with Crippen molar-refractivity contribution < 1.29 is 18.3 Å². The van der Waals surface area contributed by atoms with E-state index in [1.807, 2.05) is 51.1 Å². The largest absolute Gasteiger partial charge is 0.457 e. The summed E-state index contributed by atoms with van der Waals surface area (Å²) in [5.41, 5.74) is 1.31. The lowest BCUT2D eigenvalue weighted by atomic mass is 9.92. The van der Waals surface area contributed by atoms with E-state index in [9.17, 15) is 13.6 Å². The number of ether oxygens (including phenoxy) is 1. The molecule has 0 fully saturated rings. The number of benzene rings is 3. The van der Waals surface area contributed by atoms with Gasteiger partial charge >= 0.3 is 6.03 Å². The van der Waals surface area contributed by atoms with Gasteiger partial charge in [-0.3, -0.25) is 5.32 Å². The highest BCUT2D eigenvalue weighted by Gasteiger charge is 2.21. The van der Waals surface area contributed by atoms with Gasteiger partial charge in [0.25, 0.3) is 0 Å². The van der Waals surface area contributed by atoms with Crippen molar-refractivity contribution in [3.05, 3.63) is 96.2 Å². The van der Waals surface area contributed by atoms with E-state index in [1.54, 1.807) is 10.7 Å². The number of para-hydroxylation sites is 1. The summed E-state index contributed by atoms with van der Waals surface area (Å²) >= 11 is 0. The van der Waals surface area contributed by atoms with E-state index in [4.69, 9.17) is 4.74 Å². The molecule has 0 saturated heterocycles. The molecule has 0 saturated carbocycles. The standard InChI is InChI=1S/C26H24F2N4O2/c1-26(2,3)23-16-24(32(31-23)18-7-5-4-6-8-18)30-25(33)29-22-14-13-20(15-21(22)28)34-19-11-9-17(27)10-12-19/h4-16H,1-3H3,(H2,29,30,33). The Morgan fingerprint density at radius 2 is 1.56 bits per heavy atom. The third kappa shape index (κ3) is 5.40. The van der Waals surface area contributed by atoms with Crippen molar-refractivity contribution in [1.29, 1.82) is 0 Å². The quantitative estimate of drug-likeness (QED) is 0.340. The first-order valence-corrected chi connectivity index (χ1v) is 10.7. The molecule has 0 bridgehead atoms. The van der Waals surface area contributed by atoms with Crippen LogP contribution in [0.5, 0.6) is 11.5 Å². The molecule has 3 aromatic carbocycles. The summed E-state index contributed by atoms with van der Waals surface area (Å²) in [6.45, 7) is 6.08. The zero-order valence-corrected chi connectivity index (χ0v) is 19.0. The highest BCUT2D eigenvalue weighted by molar-refractivity contribution is 5.99. The van der Waals surface area contributed by atoms with Crippen molar-refractivity contribution in [3.8, 4) is 17.2 Å². The maximum Gasteiger partial charge on any atom is 0.324 e. The third-order valence-electron chi connectivity index (χ3n) is 4.96.